The maximum Gasteiger partial charge on any atom is 0.308 e. The lowest BCUT2D eigenvalue weighted by molar-refractivity contribution is -0.157. The Labute approximate surface area is 252 Å². The topological polar surface area (TPSA) is 105 Å². The number of carbonyl (C=O) groups is 4. The lowest BCUT2D eigenvalue weighted by Gasteiger charge is -2.31. The van der Waals surface area contributed by atoms with Gasteiger partial charge in [-0.2, -0.15) is 0 Å². The van der Waals surface area contributed by atoms with Crippen molar-refractivity contribution in [2.75, 3.05) is 33.5 Å². The van der Waals surface area contributed by atoms with E-state index in [-0.39, 0.29) is 47.4 Å². The van der Waals surface area contributed by atoms with Crippen LogP contribution in [0.15, 0.2) is 0 Å². The van der Waals surface area contributed by atoms with Crippen LogP contribution in [-0.2, 0) is 38.1 Å². The molecule has 0 saturated heterocycles. The Balaban J connectivity index is 1.07. The van der Waals surface area contributed by atoms with Crippen LogP contribution >= 0.6 is 0 Å². The van der Waals surface area contributed by atoms with Crippen molar-refractivity contribution < 1.29 is 38.1 Å². The second-order valence-corrected chi connectivity index (χ2v) is 13.8. The smallest absolute Gasteiger partial charge is 0.308 e. The third-order valence-electron chi connectivity index (χ3n) is 10.7. The second-order valence-electron chi connectivity index (χ2n) is 13.8. The summed E-state index contributed by atoms with van der Waals surface area (Å²) in [4.78, 5) is 49.8. The van der Waals surface area contributed by atoms with Crippen molar-refractivity contribution in [3.05, 3.63) is 0 Å². The van der Waals surface area contributed by atoms with E-state index in [2.05, 4.69) is 0 Å². The Morgan fingerprint density at radius 3 is 1.21 bits per heavy atom. The molecule has 0 bridgehead atoms. The van der Waals surface area contributed by atoms with Crippen molar-refractivity contribution in [1.82, 2.24) is 0 Å². The normalized spacial score (nSPS) is 33.8. The van der Waals surface area contributed by atoms with Crippen molar-refractivity contribution in [3.63, 3.8) is 0 Å². The minimum absolute atomic E-state index is 0.0659. The van der Waals surface area contributed by atoms with E-state index in [1.54, 1.807) is 14.0 Å². The number of Topliss-reactive ketones (excluding diaryl/α,β-unsaturated/α-hetero) is 1. The van der Waals surface area contributed by atoms with Crippen LogP contribution in [0.25, 0.3) is 0 Å². The molecule has 0 spiro atoms. The van der Waals surface area contributed by atoms with E-state index in [1.807, 2.05) is 0 Å². The second kappa shape index (κ2) is 16.8. The molecule has 2 unspecified atom stereocenters. The molecule has 4 aliphatic carbocycles. The van der Waals surface area contributed by atoms with Crippen LogP contribution in [0, 0.1) is 47.3 Å². The van der Waals surface area contributed by atoms with E-state index < -0.39 is 0 Å². The SMILES string of the molecule is COCC1CCC(COC(=O)C2CCCC(C(=O)OCC3CCC(COC(=O)C4CCC(C(C)=O)CC4)CC3)C2)CC1. The highest BCUT2D eigenvalue weighted by atomic mass is 16.5. The zero-order chi connectivity index (χ0) is 29.9. The minimum atomic E-state index is -0.220. The van der Waals surface area contributed by atoms with Gasteiger partial charge in [0.05, 0.1) is 37.6 Å². The highest BCUT2D eigenvalue weighted by Gasteiger charge is 2.35. The number of ether oxygens (including phenoxy) is 4. The average molecular weight is 591 g/mol. The lowest BCUT2D eigenvalue weighted by atomic mass is 9.80. The van der Waals surface area contributed by atoms with E-state index in [0.717, 1.165) is 103 Å². The first kappa shape index (κ1) is 32.9. The van der Waals surface area contributed by atoms with Gasteiger partial charge in [-0.3, -0.25) is 19.2 Å². The van der Waals surface area contributed by atoms with Crippen LogP contribution < -0.4 is 0 Å². The molecular formula is C34H54O8. The van der Waals surface area contributed by atoms with Crippen LogP contribution in [0.1, 0.15) is 110 Å². The van der Waals surface area contributed by atoms with Gasteiger partial charge in [0.25, 0.3) is 0 Å². The van der Waals surface area contributed by atoms with Gasteiger partial charge in [-0.1, -0.05) is 6.42 Å². The molecule has 0 aromatic rings. The number of methoxy groups -OCH3 is 1. The summed E-state index contributed by atoms with van der Waals surface area (Å²) in [5, 5.41) is 0. The van der Waals surface area contributed by atoms with E-state index in [4.69, 9.17) is 18.9 Å². The molecule has 238 valence electrons. The Kier molecular flexibility index (Phi) is 13.2. The molecule has 0 N–H and O–H groups in total. The molecule has 0 aromatic heterocycles. The molecule has 8 heteroatoms. The van der Waals surface area contributed by atoms with Gasteiger partial charge in [-0.25, -0.2) is 0 Å². The van der Waals surface area contributed by atoms with Gasteiger partial charge in [0.2, 0.25) is 0 Å². The predicted molar refractivity (Wildman–Crippen MR) is 157 cm³/mol. The molecule has 0 amide bonds. The molecule has 0 aromatic carbocycles. The summed E-state index contributed by atoms with van der Waals surface area (Å²) in [5.41, 5.74) is 0. The molecular weight excluding hydrogens is 536 g/mol. The molecule has 0 radical (unpaired) electrons. The van der Waals surface area contributed by atoms with Crippen molar-refractivity contribution in [3.8, 4) is 0 Å². The fourth-order valence-electron chi connectivity index (χ4n) is 7.67. The molecule has 4 fully saturated rings. The van der Waals surface area contributed by atoms with Gasteiger partial charge in [0.1, 0.15) is 5.78 Å². The number of carbonyl (C=O) groups excluding carboxylic acids is 4. The molecule has 4 rings (SSSR count). The fourth-order valence-corrected chi connectivity index (χ4v) is 7.67. The van der Waals surface area contributed by atoms with Crippen LogP contribution in [0.3, 0.4) is 0 Å². The first-order valence-electron chi connectivity index (χ1n) is 16.8. The standard InChI is InChI=1S/C34H54O8/c1-23(35)28-14-16-29(17-15-28)32(36)40-20-26-10-12-27(13-11-26)22-42-34(38)31-5-3-4-30(18-31)33(37)41-21-25-8-6-24(7-9-25)19-39-2/h24-31H,3-22H2,1-2H3. The van der Waals surface area contributed by atoms with E-state index in [1.165, 1.54) is 0 Å². The fraction of sp³-hybridized carbons (Fsp3) is 0.882. The molecule has 0 heterocycles. The average Bonchev–Trinajstić information content (AvgIpc) is 3.02. The summed E-state index contributed by atoms with van der Waals surface area (Å²) < 4.78 is 22.4. The Hall–Kier alpha value is -1.96. The first-order chi connectivity index (χ1) is 20.3. The van der Waals surface area contributed by atoms with Gasteiger partial charge in [0, 0.05) is 19.6 Å². The van der Waals surface area contributed by atoms with Gasteiger partial charge >= 0.3 is 17.9 Å². The van der Waals surface area contributed by atoms with Crippen molar-refractivity contribution >= 4 is 23.7 Å². The monoisotopic (exact) mass is 590 g/mol. The Bertz CT molecular complexity index is 878. The summed E-state index contributed by atoms with van der Waals surface area (Å²) in [6.07, 6.45) is 14.3. The molecule has 8 nitrogen and oxygen atoms in total. The van der Waals surface area contributed by atoms with Crippen LogP contribution in [-0.4, -0.2) is 57.2 Å². The molecule has 4 saturated carbocycles. The maximum atomic E-state index is 12.9. The molecule has 0 aliphatic heterocycles. The third-order valence-corrected chi connectivity index (χ3v) is 10.7. The first-order valence-corrected chi connectivity index (χ1v) is 16.8. The zero-order valence-electron chi connectivity index (χ0n) is 26.0. The van der Waals surface area contributed by atoms with E-state index in [9.17, 15) is 19.2 Å². The minimum Gasteiger partial charge on any atom is -0.465 e. The summed E-state index contributed by atoms with van der Waals surface area (Å²) in [5.74, 6) is 1.20. The number of hydrogen-bond donors (Lipinski definition) is 0. The van der Waals surface area contributed by atoms with Crippen molar-refractivity contribution in [1.29, 1.82) is 0 Å². The van der Waals surface area contributed by atoms with Gasteiger partial charge < -0.3 is 18.9 Å². The Morgan fingerprint density at radius 2 is 0.833 bits per heavy atom. The quantitative estimate of drug-likeness (QED) is 0.199. The maximum absolute atomic E-state index is 12.9. The summed E-state index contributed by atoms with van der Waals surface area (Å²) >= 11 is 0. The third kappa shape index (κ3) is 10.1. The van der Waals surface area contributed by atoms with E-state index >= 15 is 0 Å². The zero-order valence-corrected chi connectivity index (χ0v) is 26.0. The summed E-state index contributed by atoms with van der Waals surface area (Å²) in [7, 11) is 1.75. The predicted octanol–water partition coefficient (Wildman–Crippen LogP) is 6.08. The van der Waals surface area contributed by atoms with Crippen LogP contribution in [0.4, 0.5) is 0 Å². The highest BCUT2D eigenvalue weighted by molar-refractivity contribution is 5.79. The van der Waals surface area contributed by atoms with E-state index in [0.29, 0.717) is 49.9 Å². The largest absolute Gasteiger partial charge is 0.465 e. The number of rotatable bonds is 12. The van der Waals surface area contributed by atoms with Crippen LogP contribution in [0.5, 0.6) is 0 Å². The van der Waals surface area contributed by atoms with Crippen LogP contribution in [0.2, 0.25) is 0 Å². The Morgan fingerprint density at radius 1 is 0.476 bits per heavy atom. The molecule has 2 atom stereocenters. The summed E-state index contributed by atoms with van der Waals surface area (Å²) in [6.45, 7) is 3.85. The number of hydrogen-bond acceptors (Lipinski definition) is 8. The van der Waals surface area contributed by atoms with Crippen molar-refractivity contribution in [2.24, 2.45) is 47.3 Å². The highest BCUT2D eigenvalue weighted by Crippen LogP contribution is 2.35. The lowest BCUT2D eigenvalue weighted by Crippen LogP contribution is -2.32. The van der Waals surface area contributed by atoms with Gasteiger partial charge in [-0.05, 0) is 127 Å². The molecule has 4 aliphatic rings. The van der Waals surface area contributed by atoms with Gasteiger partial charge in [-0.15, -0.1) is 0 Å². The molecule has 42 heavy (non-hydrogen) atoms. The van der Waals surface area contributed by atoms with Gasteiger partial charge in [0.15, 0.2) is 0 Å². The van der Waals surface area contributed by atoms with Crippen molar-refractivity contribution in [2.45, 2.75) is 110 Å². The summed E-state index contributed by atoms with van der Waals surface area (Å²) in [6, 6.07) is 0. The number of esters is 3. The number of ketones is 1.